The molecule has 114 valence electrons. The zero-order valence-electron chi connectivity index (χ0n) is 11.5. The van der Waals surface area contributed by atoms with Gasteiger partial charge >= 0.3 is 11.9 Å². The van der Waals surface area contributed by atoms with Crippen LogP contribution in [0.3, 0.4) is 0 Å². The summed E-state index contributed by atoms with van der Waals surface area (Å²) in [5, 5.41) is 11.3. The molecule has 0 radical (unpaired) electrons. The molecular weight excluding hydrogens is 342 g/mol. The van der Waals surface area contributed by atoms with E-state index < -0.39 is 30.3 Å². The Kier molecular flexibility index (Phi) is 6.87. The van der Waals surface area contributed by atoms with Crippen LogP contribution in [0.25, 0.3) is 0 Å². The first-order valence-corrected chi connectivity index (χ1v) is 7.05. The van der Waals surface area contributed by atoms with Gasteiger partial charge in [-0.3, -0.25) is 9.59 Å². The van der Waals surface area contributed by atoms with Gasteiger partial charge in [-0.1, -0.05) is 28.1 Å². The SMILES string of the molecule is COC(=O)C[C@H](NC(=O)CCc1cccc(Br)c1)C(=O)O. The van der Waals surface area contributed by atoms with E-state index in [1.54, 1.807) is 0 Å². The Morgan fingerprint density at radius 2 is 2.10 bits per heavy atom. The Morgan fingerprint density at radius 1 is 1.38 bits per heavy atom. The number of ether oxygens (including phenoxy) is 1. The zero-order chi connectivity index (χ0) is 15.8. The predicted molar refractivity (Wildman–Crippen MR) is 78.7 cm³/mol. The number of hydrogen-bond donors (Lipinski definition) is 2. The fraction of sp³-hybridized carbons (Fsp3) is 0.357. The molecule has 0 saturated carbocycles. The molecule has 1 aromatic rings. The molecule has 0 fully saturated rings. The van der Waals surface area contributed by atoms with Crippen LogP contribution in [0, 0.1) is 0 Å². The lowest BCUT2D eigenvalue weighted by Gasteiger charge is -2.13. The lowest BCUT2D eigenvalue weighted by Crippen LogP contribution is -2.42. The van der Waals surface area contributed by atoms with Gasteiger partial charge in [0.05, 0.1) is 13.5 Å². The van der Waals surface area contributed by atoms with Gasteiger partial charge in [0.2, 0.25) is 5.91 Å². The summed E-state index contributed by atoms with van der Waals surface area (Å²) in [6, 6.07) is 6.22. The highest BCUT2D eigenvalue weighted by atomic mass is 79.9. The van der Waals surface area contributed by atoms with Gasteiger partial charge < -0.3 is 15.2 Å². The predicted octanol–water partition coefficient (Wildman–Crippen LogP) is 1.51. The third kappa shape index (κ3) is 6.40. The molecule has 0 saturated heterocycles. The van der Waals surface area contributed by atoms with Gasteiger partial charge in [0.15, 0.2) is 0 Å². The fourth-order valence-electron chi connectivity index (χ4n) is 1.67. The molecule has 1 amide bonds. The number of benzene rings is 1. The summed E-state index contributed by atoms with van der Waals surface area (Å²) in [5.41, 5.74) is 0.958. The van der Waals surface area contributed by atoms with Gasteiger partial charge in [-0.2, -0.15) is 0 Å². The van der Waals surface area contributed by atoms with Gasteiger partial charge in [0.25, 0.3) is 0 Å². The Hall–Kier alpha value is -1.89. The molecule has 1 rings (SSSR count). The maximum absolute atomic E-state index is 11.7. The minimum atomic E-state index is -1.27. The maximum Gasteiger partial charge on any atom is 0.326 e. The van der Waals surface area contributed by atoms with Gasteiger partial charge in [-0.25, -0.2) is 4.79 Å². The third-order valence-corrected chi connectivity index (χ3v) is 3.25. The summed E-state index contributed by atoms with van der Waals surface area (Å²) in [4.78, 5) is 33.8. The number of halogens is 1. The normalized spacial score (nSPS) is 11.5. The molecule has 1 atom stereocenters. The van der Waals surface area contributed by atoms with Crippen LogP contribution >= 0.6 is 15.9 Å². The van der Waals surface area contributed by atoms with Crippen molar-refractivity contribution in [3.8, 4) is 0 Å². The highest BCUT2D eigenvalue weighted by Crippen LogP contribution is 2.13. The second-order valence-electron chi connectivity index (χ2n) is 4.37. The fourth-order valence-corrected chi connectivity index (χ4v) is 2.11. The first-order valence-electron chi connectivity index (χ1n) is 6.25. The number of aryl methyl sites for hydroxylation is 1. The number of aliphatic carboxylic acids is 1. The molecule has 0 bridgehead atoms. The summed E-state index contributed by atoms with van der Waals surface area (Å²) in [6.45, 7) is 0. The van der Waals surface area contributed by atoms with E-state index >= 15 is 0 Å². The zero-order valence-corrected chi connectivity index (χ0v) is 13.1. The Bertz CT molecular complexity index is 532. The van der Waals surface area contributed by atoms with E-state index in [1.807, 2.05) is 24.3 Å². The van der Waals surface area contributed by atoms with Crippen molar-refractivity contribution >= 4 is 33.8 Å². The molecule has 0 aliphatic carbocycles. The summed E-state index contributed by atoms with van der Waals surface area (Å²) < 4.78 is 5.31. The number of carboxylic acids is 1. The summed E-state index contributed by atoms with van der Waals surface area (Å²) in [6.07, 6.45) is 0.228. The minimum absolute atomic E-state index is 0.140. The molecular formula is C14H16BrNO5. The van der Waals surface area contributed by atoms with E-state index in [0.717, 1.165) is 17.1 Å². The van der Waals surface area contributed by atoms with Crippen LogP contribution in [0.4, 0.5) is 0 Å². The number of nitrogens with one attached hydrogen (secondary N) is 1. The minimum Gasteiger partial charge on any atom is -0.480 e. The molecule has 0 spiro atoms. The molecule has 0 aliphatic heterocycles. The van der Waals surface area contributed by atoms with Crippen LogP contribution in [0.2, 0.25) is 0 Å². The molecule has 21 heavy (non-hydrogen) atoms. The van der Waals surface area contributed by atoms with Gasteiger partial charge in [-0.15, -0.1) is 0 Å². The molecule has 1 aromatic carbocycles. The second-order valence-corrected chi connectivity index (χ2v) is 5.28. The van der Waals surface area contributed by atoms with Crippen LogP contribution < -0.4 is 5.32 Å². The molecule has 6 nitrogen and oxygen atoms in total. The van der Waals surface area contributed by atoms with E-state index in [4.69, 9.17) is 5.11 Å². The third-order valence-electron chi connectivity index (χ3n) is 2.76. The first kappa shape index (κ1) is 17.2. The van der Waals surface area contributed by atoms with E-state index in [0.29, 0.717) is 6.42 Å². The average molecular weight is 358 g/mol. The Labute approximate surface area is 130 Å². The van der Waals surface area contributed by atoms with Crippen LogP contribution in [0.1, 0.15) is 18.4 Å². The number of amides is 1. The number of carbonyl (C=O) groups is 3. The Morgan fingerprint density at radius 3 is 2.67 bits per heavy atom. The Balaban J connectivity index is 2.50. The van der Waals surface area contributed by atoms with Gasteiger partial charge in [0.1, 0.15) is 6.04 Å². The van der Waals surface area contributed by atoms with Crippen molar-refractivity contribution in [2.45, 2.75) is 25.3 Å². The van der Waals surface area contributed by atoms with Gasteiger partial charge in [-0.05, 0) is 24.1 Å². The maximum atomic E-state index is 11.7. The van der Waals surface area contributed by atoms with Crippen molar-refractivity contribution in [1.29, 1.82) is 0 Å². The molecule has 2 N–H and O–H groups in total. The second kappa shape index (κ2) is 8.41. The average Bonchev–Trinajstić information content (AvgIpc) is 2.44. The number of hydrogen-bond acceptors (Lipinski definition) is 4. The van der Waals surface area contributed by atoms with E-state index in [9.17, 15) is 14.4 Å². The van der Waals surface area contributed by atoms with Crippen LogP contribution in [-0.2, 0) is 25.5 Å². The molecule has 0 unspecified atom stereocenters. The highest BCUT2D eigenvalue weighted by Gasteiger charge is 2.23. The van der Waals surface area contributed by atoms with Crippen molar-refractivity contribution in [2.24, 2.45) is 0 Å². The lowest BCUT2D eigenvalue weighted by molar-refractivity contribution is -0.148. The topological polar surface area (TPSA) is 92.7 Å². The van der Waals surface area contributed by atoms with Crippen molar-refractivity contribution in [2.75, 3.05) is 7.11 Å². The van der Waals surface area contributed by atoms with Crippen molar-refractivity contribution in [3.63, 3.8) is 0 Å². The van der Waals surface area contributed by atoms with Crippen LogP contribution in [-0.4, -0.2) is 36.1 Å². The van der Waals surface area contributed by atoms with Crippen molar-refractivity contribution in [1.82, 2.24) is 5.32 Å². The smallest absolute Gasteiger partial charge is 0.326 e. The van der Waals surface area contributed by atoms with E-state index in [-0.39, 0.29) is 6.42 Å². The number of methoxy groups -OCH3 is 1. The highest BCUT2D eigenvalue weighted by molar-refractivity contribution is 9.10. The first-order chi connectivity index (χ1) is 9.92. The molecule has 7 heteroatoms. The number of rotatable bonds is 7. The van der Waals surface area contributed by atoms with Crippen LogP contribution in [0.5, 0.6) is 0 Å². The van der Waals surface area contributed by atoms with Crippen molar-refractivity contribution in [3.05, 3.63) is 34.3 Å². The quantitative estimate of drug-likeness (QED) is 0.721. The number of esters is 1. The van der Waals surface area contributed by atoms with Crippen molar-refractivity contribution < 1.29 is 24.2 Å². The monoisotopic (exact) mass is 357 g/mol. The summed E-state index contributed by atoms with van der Waals surface area (Å²) in [7, 11) is 1.16. The van der Waals surface area contributed by atoms with E-state index in [2.05, 4.69) is 26.0 Å². The lowest BCUT2D eigenvalue weighted by atomic mass is 10.1. The van der Waals surface area contributed by atoms with Gasteiger partial charge in [0, 0.05) is 10.9 Å². The molecule has 0 aliphatic rings. The molecule has 0 heterocycles. The summed E-state index contributed by atoms with van der Waals surface area (Å²) in [5.74, 6) is -2.38. The standard InChI is InChI=1S/C14H16BrNO5/c1-21-13(18)8-11(14(19)20)16-12(17)6-5-9-3-2-4-10(15)7-9/h2-4,7,11H,5-6,8H2,1H3,(H,16,17)(H,19,20)/t11-/m0/s1. The summed E-state index contributed by atoms with van der Waals surface area (Å²) >= 11 is 3.33. The van der Waals surface area contributed by atoms with E-state index in [1.165, 1.54) is 0 Å². The number of carbonyl (C=O) groups excluding carboxylic acids is 2. The largest absolute Gasteiger partial charge is 0.480 e. The molecule has 0 aromatic heterocycles. The van der Waals surface area contributed by atoms with Crippen LogP contribution in [0.15, 0.2) is 28.7 Å². The number of carboxylic acid groups (broad SMARTS) is 1.